The molecule has 6 heteroatoms. The molecule has 148 valence electrons. The van der Waals surface area contributed by atoms with Crippen LogP contribution in [0.3, 0.4) is 0 Å². The standard InChI is InChI=1S/C24H21N5O/c30-24(20-7-1-4-18-5-2-10-27-22(18)20)29-13-3-6-19(15-29)23-21(14-26-16-28-23)17-8-11-25-12-9-17/h1-2,4-5,7-12,14,16,19H,3,6,13,15H2/t19-/m0/s1. The van der Waals surface area contributed by atoms with E-state index in [0.29, 0.717) is 12.1 Å². The van der Waals surface area contributed by atoms with E-state index in [2.05, 4.69) is 19.9 Å². The zero-order valence-electron chi connectivity index (χ0n) is 16.5. The van der Waals surface area contributed by atoms with Crippen LogP contribution in [0.4, 0.5) is 0 Å². The highest BCUT2D eigenvalue weighted by atomic mass is 16.2. The fraction of sp³-hybridized carbons (Fsp3) is 0.208. The van der Waals surface area contributed by atoms with Gasteiger partial charge in [-0.1, -0.05) is 18.2 Å². The van der Waals surface area contributed by atoms with Gasteiger partial charge in [0, 0.05) is 54.7 Å². The van der Waals surface area contributed by atoms with Gasteiger partial charge in [-0.3, -0.25) is 14.8 Å². The number of rotatable bonds is 3. The first-order chi connectivity index (χ1) is 14.8. The molecule has 4 aromatic rings. The Kier molecular flexibility index (Phi) is 4.89. The Bertz CT molecular complexity index is 1190. The number of benzene rings is 1. The van der Waals surface area contributed by atoms with E-state index < -0.39 is 0 Å². The van der Waals surface area contributed by atoms with Crippen LogP contribution in [0, 0.1) is 0 Å². The minimum Gasteiger partial charge on any atom is -0.338 e. The molecule has 1 fully saturated rings. The van der Waals surface area contributed by atoms with E-state index in [4.69, 9.17) is 0 Å². The number of aromatic nitrogens is 4. The summed E-state index contributed by atoms with van der Waals surface area (Å²) in [6.45, 7) is 1.38. The first-order valence-corrected chi connectivity index (χ1v) is 10.1. The number of carbonyl (C=O) groups is 1. The average molecular weight is 395 g/mol. The first kappa shape index (κ1) is 18.4. The fourth-order valence-corrected chi connectivity index (χ4v) is 4.25. The summed E-state index contributed by atoms with van der Waals surface area (Å²) in [5.41, 5.74) is 4.45. The molecule has 0 saturated carbocycles. The minimum absolute atomic E-state index is 0.0310. The highest BCUT2D eigenvalue weighted by Crippen LogP contribution is 2.33. The maximum Gasteiger partial charge on any atom is 0.256 e. The lowest BCUT2D eigenvalue weighted by atomic mass is 9.90. The molecule has 0 spiro atoms. The smallest absolute Gasteiger partial charge is 0.256 e. The molecular weight excluding hydrogens is 374 g/mol. The molecule has 30 heavy (non-hydrogen) atoms. The Hall–Kier alpha value is -3.67. The second-order valence-electron chi connectivity index (χ2n) is 7.53. The van der Waals surface area contributed by atoms with Crippen molar-refractivity contribution < 1.29 is 4.79 Å². The third-order valence-electron chi connectivity index (χ3n) is 5.69. The summed E-state index contributed by atoms with van der Waals surface area (Å²) >= 11 is 0. The predicted molar refractivity (Wildman–Crippen MR) is 115 cm³/mol. The van der Waals surface area contributed by atoms with Gasteiger partial charge < -0.3 is 4.90 Å². The lowest BCUT2D eigenvalue weighted by Crippen LogP contribution is -2.39. The van der Waals surface area contributed by atoms with Gasteiger partial charge in [0.2, 0.25) is 0 Å². The molecule has 0 N–H and O–H groups in total. The largest absolute Gasteiger partial charge is 0.338 e. The molecule has 0 radical (unpaired) electrons. The molecule has 1 aromatic carbocycles. The van der Waals surface area contributed by atoms with Gasteiger partial charge in [-0.2, -0.15) is 0 Å². The third kappa shape index (κ3) is 3.41. The lowest BCUT2D eigenvalue weighted by molar-refractivity contribution is 0.0708. The van der Waals surface area contributed by atoms with Crippen molar-refractivity contribution in [1.29, 1.82) is 0 Å². The van der Waals surface area contributed by atoms with E-state index in [0.717, 1.165) is 47.1 Å². The summed E-state index contributed by atoms with van der Waals surface area (Å²) in [7, 11) is 0. The number of amides is 1. The van der Waals surface area contributed by atoms with Gasteiger partial charge in [0.05, 0.1) is 16.8 Å². The average Bonchev–Trinajstić information content (AvgIpc) is 2.84. The number of nitrogens with zero attached hydrogens (tertiary/aromatic N) is 5. The van der Waals surface area contributed by atoms with Crippen LogP contribution in [0.2, 0.25) is 0 Å². The highest BCUT2D eigenvalue weighted by molar-refractivity contribution is 6.05. The summed E-state index contributed by atoms with van der Waals surface area (Å²) in [4.78, 5) is 32.7. The Morgan fingerprint density at radius 3 is 2.73 bits per heavy atom. The van der Waals surface area contributed by atoms with Gasteiger partial charge in [-0.25, -0.2) is 9.97 Å². The maximum atomic E-state index is 13.4. The number of pyridine rings is 2. The van der Waals surface area contributed by atoms with E-state index in [-0.39, 0.29) is 11.8 Å². The SMILES string of the molecule is O=C(c1cccc2cccnc12)N1CCC[C@H](c2ncncc2-c2ccncc2)C1. The van der Waals surface area contributed by atoms with Crippen LogP contribution in [0.25, 0.3) is 22.0 Å². The number of fused-ring (bicyclic) bond motifs is 1. The van der Waals surface area contributed by atoms with Crippen molar-refractivity contribution in [3.05, 3.63) is 84.8 Å². The van der Waals surface area contributed by atoms with Crippen LogP contribution in [0.5, 0.6) is 0 Å². The van der Waals surface area contributed by atoms with Crippen LogP contribution in [-0.4, -0.2) is 43.8 Å². The fourth-order valence-electron chi connectivity index (χ4n) is 4.25. The molecule has 4 heterocycles. The van der Waals surface area contributed by atoms with E-state index in [1.807, 2.05) is 53.6 Å². The topological polar surface area (TPSA) is 71.9 Å². The molecule has 0 unspecified atom stereocenters. The molecule has 1 aliphatic heterocycles. The molecule has 1 saturated heterocycles. The summed E-state index contributed by atoms with van der Waals surface area (Å²) < 4.78 is 0. The Balaban J connectivity index is 1.46. The number of para-hydroxylation sites is 1. The van der Waals surface area contributed by atoms with E-state index >= 15 is 0 Å². The monoisotopic (exact) mass is 395 g/mol. The summed E-state index contributed by atoms with van der Waals surface area (Å²) in [6.07, 6.45) is 10.7. The van der Waals surface area contributed by atoms with Crippen molar-refractivity contribution in [2.75, 3.05) is 13.1 Å². The predicted octanol–water partition coefficient (Wildman–Crippen LogP) is 4.11. The number of piperidine rings is 1. The van der Waals surface area contributed by atoms with Crippen LogP contribution in [0.15, 0.2) is 73.6 Å². The van der Waals surface area contributed by atoms with Gasteiger partial charge >= 0.3 is 0 Å². The molecule has 6 nitrogen and oxygen atoms in total. The van der Waals surface area contributed by atoms with Gasteiger partial charge in [-0.05, 0) is 42.7 Å². The molecule has 0 aliphatic carbocycles. The maximum absolute atomic E-state index is 13.4. The molecule has 5 rings (SSSR count). The Labute approximate surface area is 174 Å². The van der Waals surface area contributed by atoms with Gasteiger partial charge in [0.15, 0.2) is 0 Å². The zero-order chi connectivity index (χ0) is 20.3. The second kappa shape index (κ2) is 7.99. The second-order valence-corrected chi connectivity index (χ2v) is 7.53. The van der Waals surface area contributed by atoms with Crippen molar-refractivity contribution in [2.24, 2.45) is 0 Å². The van der Waals surface area contributed by atoms with Crippen LogP contribution < -0.4 is 0 Å². The van der Waals surface area contributed by atoms with Crippen molar-refractivity contribution in [3.63, 3.8) is 0 Å². The van der Waals surface area contributed by atoms with Gasteiger partial charge in [0.25, 0.3) is 5.91 Å². The zero-order valence-corrected chi connectivity index (χ0v) is 16.5. The van der Waals surface area contributed by atoms with Gasteiger partial charge in [0.1, 0.15) is 6.33 Å². The number of carbonyl (C=O) groups excluding carboxylic acids is 1. The molecular formula is C24H21N5O. The highest BCUT2D eigenvalue weighted by Gasteiger charge is 2.29. The molecule has 1 aliphatic rings. The summed E-state index contributed by atoms with van der Waals surface area (Å²) in [5, 5.41) is 0.979. The summed E-state index contributed by atoms with van der Waals surface area (Å²) in [6, 6.07) is 13.6. The first-order valence-electron chi connectivity index (χ1n) is 10.1. The van der Waals surface area contributed by atoms with Crippen LogP contribution in [0.1, 0.15) is 34.8 Å². The third-order valence-corrected chi connectivity index (χ3v) is 5.69. The minimum atomic E-state index is 0.0310. The van der Waals surface area contributed by atoms with E-state index in [1.54, 1.807) is 24.9 Å². The van der Waals surface area contributed by atoms with Crippen molar-refractivity contribution in [1.82, 2.24) is 24.8 Å². The molecule has 1 atom stereocenters. The van der Waals surface area contributed by atoms with Crippen molar-refractivity contribution in [2.45, 2.75) is 18.8 Å². The van der Waals surface area contributed by atoms with E-state index in [9.17, 15) is 4.79 Å². The molecule has 0 bridgehead atoms. The normalized spacial score (nSPS) is 16.5. The Morgan fingerprint density at radius 1 is 0.967 bits per heavy atom. The van der Waals surface area contributed by atoms with E-state index in [1.165, 1.54) is 0 Å². The lowest BCUT2D eigenvalue weighted by Gasteiger charge is -2.33. The molecule has 1 amide bonds. The number of hydrogen-bond donors (Lipinski definition) is 0. The van der Waals surface area contributed by atoms with Crippen LogP contribution >= 0.6 is 0 Å². The number of likely N-dealkylation sites (tertiary alicyclic amines) is 1. The van der Waals surface area contributed by atoms with Crippen molar-refractivity contribution >= 4 is 16.8 Å². The van der Waals surface area contributed by atoms with Gasteiger partial charge in [-0.15, -0.1) is 0 Å². The Morgan fingerprint density at radius 2 is 1.83 bits per heavy atom. The van der Waals surface area contributed by atoms with Crippen LogP contribution in [-0.2, 0) is 0 Å². The quantitative estimate of drug-likeness (QED) is 0.522. The number of hydrogen-bond acceptors (Lipinski definition) is 5. The molecule has 3 aromatic heterocycles. The summed E-state index contributed by atoms with van der Waals surface area (Å²) in [5.74, 6) is 0.195. The van der Waals surface area contributed by atoms with Crippen molar-refractivity contribution in [3.8, 4) is 11.1 Å².